The van der Waals surface area contributed by atoms with Crippen molar-refractivity contribution in [3.8, 4) is 5.75 Å². The lowest BCUT2D eigenvalue weighted by atomic mass is 9.98. The highest BCUT2D eigenvalue weighted by Crippen LogP contribution is 2.51. The van der Waals surface area contributed by atoms with E-state index in [-0.39, 0.29) is 5.75 Å². The van der Waals surface area contributed by atoms with E-state index in [4.69, 9.17) is 0 Å². The summed E-state index contributed by atoms with van der Waals surface area (Å²) in [5.41, 5.74) is 2.22. The standard InChI is InChI=1S/C24H29F3N2O/c1-17(19-7-3-2-4-8-19)10-11-29-15-22-21(23(22)16-29)14-28-13-18-6-5-9-20(12-18)30-24(25,26)27/h2-9,12,17,21-23,28H,10-11,13-16H2,1H3. The van der Waals surface area contributed by atoms with E-state index in [2.05, 4.69) is 52.2 Å². The van der Waals surface area contributed by atoms with Crippen LogP contribution in [0.4, 0.5) is 13.2 Å². The molecule has 0 amide bonds. The van der Waals surface area contributed by atoms with Crippen LogP contribution in [0.3, 0.4) is 0 Å². The summed E-state index contributed by atoms with van der Waals surface area (Å²) in [6.07, 6.45) is -3.47. The molecular formula is C24H29F3N2O. The number of alkyl halides is 3. The Kier molecular flexibility index (Phi) is 6.34. The van der Waals surface area contributed by atoms with E-state index < -0.39 is 6.36 Å². The van der Waals surface area contributed by atoms with E-state index in [1.807, 2.05) is 6.07 Å². The summed E-state index contributed by atoms with van der Waals surface area (Å²) < 4.78 is 41.0. The minimum Gasteiger partial charge on any atom is -0.406 e. The third-order valence-corrected chi connectivity index (χ3v) is 6.54. The topological polar surface area (TPSA) is 24.5 Å². The van der Waals surface area contributed by atoms with Crippen LogP contribution < -0.4 is 10.1 Å². The van der Waals surface area contributed by atoms with Crippen LogP contribution in [0.5, 0.6) is 5.75 Å². The molecule has 1 heterocycles. The minimum absolute atomic E-state index is 0.162. The van der Waals surface area contributed by atoms with Crippen molar-refractivity contribution >= 4 is 0 Å². The second-order valence-electron chi connectivity index (χ2n) is 8.68. The third kappa shape index (κ3) is 5.55. The predicted molar refractivity (Wildman–Crippen MR) is 111 cm³/mol. The fourth-order valence-electron chi connectivity index (χ4n) is 4.78. The number of fused-ring (bicyclic) bond motifs is 1. The molecule has 1 aliphatic heterocycles. The summed E-state index contributed by atoms with van der Waals surface area (Å²) in [5.74, 6) is 2.65. The zero-order chi connectivity index (χ0) is 21.1. The summed E-state index contributed by atoms with van der Waals surface area (Å²) in [5, 5.41) is 3.41. The van der Waals surface area contributed by atoms with Crippen molar-refractivity contribution in [2.24, 2.45) is 17.8 Å². The SMILES string of the molecule is CC(CCN1CC2C(CNCc3cccc(OC(F)(F)F)c3)C2C1)c1ccccc1. The van der Waals surface area contributed by atoms with Crippen LogP contribution in [0.15, 0.2) is 54.6 Å². The fourth-order valence-corrected chi connectivity index (χ4v) is 4.78. The molecule has 1 aliphatic carbocycles. The fraction of sp³-hybridized carbons (Fsp3) is 0.500. The number of likely N-dealkylation sites (tertiary alicyclic amines) is 1. The number of rotatable bonds is 9. The van der Waals surface area contributed by atoms with Crippen molar-refractivity contribution in [1.82, 2.24) is 10.2 Å². The Morgan fingerprint density at radius 2 is 1.80 bits per heavy atom. The summed E-state index contributed by atoms with van der Waals surface area (Å²) in [4.78, 5) is 2.59. The Hall–Kier alpha value is -2.05. The van der Waals surface area contributed by atoms with E-state index in [0.29, 0.717) is 18.4 Å². The van der Waals surface area contributed by atoms with Crippen molar-refractivity contribution in [3.63, 3.8) is 0 Å². The first-order chi connectivity index (χ1) is 14.4. The van der Waals surface area contributed by atoms with Gasteiger partial charge in [-0.25, -0.2) is 0 Å². The highest BCUT2D eigenvalue weighted by atomic mass is 19.4. The molecule has 1 N–H and O–H groups in total. The average Bonchev–Trinajstić information content (AvgIpc) is 3.16. The minimum atomic E-state index is -4.65. The van der Waals surface area contributed by atoms with Crippen LogP contribution in [-0.4, -0.2) is 37.4 Å². The van der Waals surface area contributed by atoms with Gasteiger partial charge < -0.3 is 15.0 Å². The van der Waals surface area contributed by atoms with Crippen LogP contribution >= 0.6 is 0 Å². The molecule has 4 rings (SSSR count). The number of hydrogen-bond acceptors (Lipinski definition) is 3. The summed E-state index contributed by atoms with van der Waals surface area (Å²) in [6.45, 7) is 7.28. The molecule has 0 aromatic heterocycles. The zero-order valence-corrected chi connectivity index (χ0v) is 17.2. The highest BCUT2D eigenvalue weighted by molar-refractivity contribution is 5.28. The average molecular weight is 419 g/mol. The normalized spacial score (nSPS) is 24.5. The molecule has 6 heteroatoms. The summed E-state index contributed by atoms with van der Waals surface area (Å²) in [7, 11) is 0. The van der Waals surface area contributed by atoms with Gasteiger partial charge in [0.1, 0.15) is 5.75 Å². The molecule has 2 aliphatic rings. The molecule has 30 heavy (non-hydrogen) atoms. The maximum Gasteiger partial charge on any atom is 0.573 e. The van der Waals surface area contributed by atoms with Crippen molar-refractivity contribution in [2.75, 3.05) is 26.2 Å². The zero-order valence-electron chi connectivity index (χ0n) is 17.2. The Labute approximate surface area is 176 Å². The predicted octanol–water partition coefficient (Wildman–Crippen LogP) is 5.05. The molecule has 162 valence electrons. The second kappa shape index (κ2) is 8.98. The monoisotopic (exact) mass is 418 g/mol. The van der Waals surface area contributed by atoms with Crippen molar-refractivity contribution in [2.45, 2.75) is 32.2 Å². The molecule has 1 saturated heterocycles. The first-order valence-electron chi connectivity index (χ1n) is 10.7. The van der Waals surface area contributed by atoms with Gasteiger partial charge in [0.15, 0.2) is 0 Å². The Bertz CT molecular complexity index is 815. The maximum atomic E-state index is 12.3. The number of piperidine rings is 1. The summed E-state index contributed by atoms with van der Waals surface area (Å²) in [6, 6.07) is 16.9. The van der Waals surface area contributed by atoms with Gasteiger partial charge in [0.2, 0.25) is 0 Å². The van der Waals surface area contributed by atoms with Crippen molar-refractivity contribution < 1.29 is 17.9 Å². The van der Waals surface area contributed by atoms with E-state index in [1.54, 1.807) is 6.07 Å². The van der Waals surface area contributed by atoms with Gasteiger partial charge >= 0.3 is 6.36 Å². The first kappa shape index (κ1) is 21.2. The number of benzene rings is 2. The Balaban J connectivity index is 1.14. The van der Waals surface area contributed by atoms with E-state index >= 15 is 0 Å². The van der Waals surface area contributed by atoms with Crippen LogP contribution in [0, 0.1) is 17.8 Å². The molecule has 0 spiro atoms. The Morgan fingerprint density at radius 1 is 1.07 bits per heavy atom. The van der Waals surface area contributed by atoms with E-state index in [0.717, 1.165) is 30.5 Å². The molecule has 1 saturated carbocycles. The van der Waals surface area contributed by atoms with Gasteiger partial charge in [-0.2, -0.15) is 0 Å². The second-order valence-corrected chi connectivity index (χ2v) is 8.68. The molecule has 3 unspecified atom stereocenters. The van der Waals surface area contributed by atoms with Crippen LogP contribution in [0.2, 0.25) is 0 Å². The van der Waals surface area contributed by atoms with Gasteiger partial charge in [0.05, 0.1) is 0 Å². The van der Waals surface area contributed by atoms with E-state index in [9.17, 15) is 13.2 Å². The quantitative estimate of drug-likeness (QED) is 0.617. The maximum absolute atomic E-state index is 12.3. The lowest BCUT2D eigenvalue weighted by molar-refractivity contribution is -0.274. The molecule has 2 fully saturated rings. The molecule has 0 bridgehead atoms. The number of nitrogens with zero attached hydrogens (tertiary/aromatic N) is 1. The summed E-state index contributed by atoms with van der Waals surface area (Å²) >= 11 is 0. The van der Waals surface area contributed by atoms with Gasteiger partial charge in [-0.3, -0.25) is 0 Å². The van der Waals surface area contributed by atoms with Gasteiger partial charge in [-0.1, -0.05) is 49.4 Å². The van der Waals surface area contributed by atoms with Crippen molar-refractivity contribution in [1.29, 1.82) is 0 Å². The number of hydrogen-bond donors (Lipinski definition) is 1. The molecule has 0 radical (unpaired) electrons. The number of halogens is 3. The molecular weight excluding hydrogens is 389 g/mol. The van der Waals surface area contributed by atoms with Crippen LogP contribution in [0.1, 0.15) is 30.4 Å². The Morgan fingerprint density at radius 3 is 2.50 bits per heavy atom. The van der Waals surface area contributed by atoms with E-state index in [1.165, 1.54) is 37.2 Å². The van der Waals surface area contributed by atoms with Gasteiger partial charge in [-0.15, -0.1) is 13.2 Å². The lowest BCUT2D eigenvalue weighted by Gasteiger charge is -2.22. The van der Waals surface area contributed by atoms with Gasteiger partial charge in [0, 0.05) is 19.6 Å². The molecule has 3 nitrogen and oxygen atoms in total. The molecule has 2 aromatic carbocycles. The smallest absolute Gasteiger partial charge is 0.406 e. The number of nitrogens with one attached hydrogen (secondary N) is 1. The largest absolute Gasteiger partial charge is 0.573 e. The lowest BCUT2D eigenvalue weighted by Crippen LogP contribution is -2.29. The third-order valence-electron chi connectivity index (χ3n) is 6.54. The van der Waals surface area contributed by atoms with Crippen molar-refractivity contribution in [3.05, 3.63) is 65.7 Å². The first-order valence-corrected chi connectivity index (χ1v) is 10.7. The van der Waals surface area contributed by atoms with Crippen LogP contribution in [-0.2, 0) is 6.54 Å². The van der Waals surface area contributed by atoms with Crippen LogP contribution in [0.25, 0.3) is 0 Å². The van der Waals surface area contributed by atoms with Gasteiger partial charge in [-0.05, 0) is 66.4 Å². The highest BCUT2D eigenvalue weighted by Gasteiger charge is 2.54. The molecule has 2 aromatic rings. The number of ether oxygens (including phenoxy) is 1. The molecule has 3 atom stereocenters. The van der Waals surface area contributed by atoms with Gasteiger partial charge in [0.25, 0.3) is 0 Å².